The number of likely N-dealkylation sites (tertiary alicyclic amines) is 1. The van der Waals surface area contributed by atoms with Crippen molar-refractivity contribution >= 4 is 24.2 Å². The van der Waals surface area contributed by atoms with Crippen LogP contribution in [0.25, 0.3) is 0 Å². The fourth-order valence-electron chi connectivity index (χ4n) is 2.83. The fraction of sp³-hybridized carbons (Fsp3) is 0.632. The first kappa shape index (κ1) is 21.6. The molecule has 1 fully saturated rings. The third-order valence-electron chi connectivity index (χ3n) is 4.22. The van der Waals surface area contributed by atoms with Crippen LogP contribution in [-0.4, -0.2) is 43.8 Å². The number of unbranched alkanes of at least 4 members (excludes halogenated alkanes) is 2. The lowest BCUT2D eigenvalue weighted by molar-refractivity contribution is 0.131. The zero-order chi connectivity index (χ0) is 17.0. The molecule has 0 aromatic heterocycles. The molecule has 1 heterocycles. The van der Waals surface area contributed by atoms with Gasteiger partial charge in [-0.15, -0.1) is 12.4 Å². The molecule has 0 bridgehead atoms. The maximum absolute atomic E-state index is 12.0. The maximum Gasteiger partial charge on any atom is 0.411 e. The van der Waals surface area contributed by atoms with Crippen molar-refractivity contribution in [3.8, 4) is 5.75 Å². The highest BCUT2D eigenvalue weighted by Crippen LogP contribution is 2.24. The molecule has 0 unspecified atom stereocenters. The van der Waals surface area contributed by atoms with E-state index in [0.717, 1.165) is 38.9 Å². The Balaban J connectivity index is 0.00000312. The molecule has 142 valence electrons. The lowest BCUT2D eigenvalue weighted by Crippen LogP contribution is -2.33. The van der Waals surface area contributed by atoms with E-state index in [1.54, 1.807) is 0 Å². The van der Waals surface area contributed by atoms with E-state index in [9.17, 15) is 4.79 Å². The summed E-state index contributed by atoms with van der Waals surface area (Å²) in [7, 11) is 0. The van der Waals surface area contributed by atoms with E-state index in [1.165, 1.54) is 19.3 Å². The van der Waals surface area contributed by atoms with Crippen LogP contribution in [0.5, 0.6) is 5.75 Å². The summed E-state index contributed by atoms with van der Waals surface area (Å²) in [6, 6.07) is 7.49. The van der Waals surface area contributed by atoms with E-state index in [1.807, 2.05) is 24.3 Å². The first-order valence-electron chi connectivity index (χ1n) is 9.17. The van der Waals surface area contributed by atoms with E-state index < -0.39 is 6.09 Å². The highest BCUT2D eigenvalue weighted by Gasteiger charge is 2.12. The summed E-state index contributed by atoms with van der Waals surface area (Å²) in [5.41, 5.74) is 0.664. The molecule has 5 nitrogen and oxygen atoms in total. The van der Waals surface area contributed by atoms with Crippen LogP contribution in [0.4, 0.5) is 10.5 Å². The molecular formula is C19H31ClN2O3. The topological polar surface area (TPSA) is 50.8 Å². The number of hydrogen-bond donors (Lipinski definition) is 1. The molecule has 0 aliphatic carbocycles. The van der Waals surface area contributed by atoms with Gasteiger partial charge in [0.05, 0.1) is 12.3 Å². The van der Waals surface area contributed by atoms with Gasteiger partial charge in [0.15, 0.2) is 0 Å². The third kappa shape index (κ3) is 8.45. The number of halogens is 1. The van der Waals surface area contributed by atoms with Crippen molar-refractivity contribution in [1.29, 1.82) is 0 Å². The standard InChI is InChI=1S/C19H30N2O3.ClH/c1-2-3-9-15-23-18-11-6-5-10-17(18)20-19(22)24-16-14-21-12-7-4-8-13-21;/h5-6,10-11H,2-4,7-9,12-16H2,1H3,(H,20,22);1H. The predicted octanol–water partition coefficient (Wildman–Crippen LogP) is 4.71. The van der Waals surface area contributed by atoms with E-state index in [4.69, 9.17) is 9.47 Å². The molecule has 0 atom stereocenters. The van der Waals surface area contributed by atoms with Crippen molar-refractivity contribution in [2.75, 3.05) is 38.2 Å². The normalized spacial score (nSPS) is 14.4. The van der Waals surface area contributed by atoms with Crippen molar-refractivity contribution < 1.29 is 14.3 Å². The summed E-state index contributed by atoms with van der Waals surface area (Å²) in [6.07, 6.45) is 6.71. The Morgan fingerprint density at radius 2 is 1.88 bits per heavy atom. The average molecular weight is 371 g/mol. The van der Waals surface area contributed by atoms with Crippen molar-refractivity contribution in [2.24, 2.45) is 0 Å². The van der Waals surface area contributed by atoms with Gasteiger partial charge in [0.25, 0.3) is 0 Å². The number of amides is 1. The van der Waals surface area contributed by atoms with Crippen LogP contribution >= 0.6 is 12.4 Å². The van der Waals surface area contributed by atoms with Crippen LogP contribution in [0.1, 0.15) is 45.4 Å². The second-order valence-corrected chi connectivity index (χ2v) is 6.21. The highest BCUT2D eigenvalue weighted by atomic mass is 35.5. The van der Waals surface area contributed by atoms with Crippen LogP contribution in [0.3, 0.4) is 0 Å². The number of nitrogens with zero attached hydrogens (tertiary/aromatic N) is 1. The number of rotatable bonds is 9. The van der Waals surface area contributed by atoms with Gasteiger partial charge in [0.2, 0.25) is 0 Å². The zero-order valence-electron chi connectivity index (χ0n) is 15.2. The van der Waals surface area contributed by atoms with Gasteiger partial charge in [-0.05, 0) is 44.5 Å². The minimum absolute atomic E-state index is 0. The van der Waals surface area contributed by atoms with Gasteiger partial charge in [0, 0.05) is 6.54 Å². The van der Waals surface area contributed by atoms with E-state index >= 15 is 0 Å². The van der Waals surface area contributed by atoms with Crippen molar-refractivity contribution in [2.45, 2.75) is 45.4 Å². The largest absolute Gasteiger partial charge is 0.491 e. The number of anilines is 1. The smallest absolute Gasteiger partial charge is 0.411 e. The fourth-order valence-corrected chi connectivity index (χ4v) is 2.83. The number of ether oxygens (including phenoxy) is 2. The summed E-state index contributed by atoms with van der Waals surface area (Å²) >= 11 is 0. The molecule has 25 heavy (non-hydrogen) atoms. The van der Waals surface area contributed by atoms with Gasteiger partial charge >= 0.3 is 6.09 Å². The maximum atomic E-state index is 12.0. The lowest BCUT2D eigenvalue weighted by atomic mass is 10.1. The van der Waals surface area contributed by atoms with Gasteiger partial charge in [-0.2, -0.15) is 0 Å². The van der Waals surface area contributed by atoms with Crippen LogP contribution < -0.4 is 10.1 Å². The summed E-state index contributed by atoms with van der Waals surface area (Å²) in [5, 5.41) is 2.78. The summed E-state index contributed by atoms with van der Waals surface area (Å²) in [6.45, 7) is 6.28. The molecule has 2 rings (SSSR count). The second-order valence-electron chi connectivity index (χ2n) is 6.21. The van der Waals surface area contributed by atoms with Crippen molar-refractivity contribution in [1.82, 2.24) is 4.90 Å². The lowest BCUT2D eigenvalue weighted by Gasteiger charge is -2.25. The summed E-state index contributed by atoms with van der Waals surface area (Å²) < 4.78 is 11.1. The number of benzene rings is 1. The molecule has 1 saturated heterocycles. The molecule has 1 aromatic carbocycles. The quantitative estimate of drug-likeness (QED) is 0.639. The van der Waals surface area contributed by atoms with Gasteiger partial charge in [-0.25, -0.2) is 4.79 Å². The molecule has 1 aliphatic heterocycles. The van der Waals surface area contributed by atoms with Crippen LogP contribution in [0.2, 0.25) is 0 Å². The molecule has 1 aromatic rings. The number of nitrogens with one attached hydrogen (secondary N) is 1. The Hall–Kier alpha value is -1.46. The SMILES string of the molecule is CCCCCOc1ccccc1NC(=O)OCCN1CCCCC1.Cl. The number of hydrogen-bond acceptors (Lipinski definition) is 4. The summed E-state index contributed by atoms with van der Waals surface area (Å²) in [4.78, 5) is 14.3. The Kier molecular flexibility index (Phi) is 11.1. The summed E-state index contributed by atoms with van der Waals surface area (Å²) in [5.74, 6) is 0.696. The molecule has 0 spiro atoms. The zero-order valence-corrected chi connectivity index (χ0v) is 16.0. The van der Waals surface area contributed by atoms with Gasteiger partial charge in [0.1, 0.15) is 12.4 Å². The molecule has 1 aliphatic rings. The van der Waals surface area contributed by atoms with Crippen molar-refractivity contribution in [3.63, 3.8) is 0 Å². The van der Waals surface area contributed by atoms with Gasteiger partial charge in [-0.1, -0.05) is 38.3 Å². The van der Waals surface area contributed by atoms with Gasteiger partial charge < -0.3 is 9.47 Å². The molecule has 0 saturated carbocycles. The predicted molar refractivity (Wildman–Crippen MR) is 104 cm³/mol. The molecule has 0 radical (unpaired) electrons. The average Bonchev–Trinajstić information content (AvgIpc) is 2.61. The van der Waals surface area contributed by atoms with Crippen LogP contribution in [0, 0.1) is 0 Å². The number of piperidine rings is 1. The molecule has 1 amide bonds. The third-order valence-corrected chi connectivity index (χ3v) is 4.22. The highest BCUT2D eigenvalue weighted by molar-refractivity contribution is 5.86. The number of carbonyl (C=O) groups excluding carboxylic acids is 1. The Bertz CT molecular complexity index is 493. The Morgan fingerprint density at radius 1 is 1.12 bits per heavy atom. The van der Waals surface area contributed by atoms with E-state index in [2.05, 4.69) is 17.1 Å². The number of carbonyl (C=O) groups is 1. The minimum Gasteiger partial charge on any atom is -0.491 e. The first-order valence-corrected chi connectivity index (χ1v) is 9.17. The minimum atomic E-state index is -0.420. The molecule has 1 N–H and O–H groups in total. The first-order chi connectivity index (χ1) is 11.8. The second kappa shape index (κ2) is 12.8. The monoisotopic (exact) mass is 370 g/mol. The number of para-hydroxylation sites is 2. The van der Waals surface area contributed by atoms with E-state index in [-0.39, 0.29) is 12.4 Å². The molecule has 6 heteroatoms. The van der Waals surface area contributed by atoms with Gasteiger partial charge in [-0.3, -0.25) is 10.2 Å². The van der Waals surface area contributed by atoms with Crippen LogP contribution in [0.15, 0.2) is 24.3 Å². The Labute approximate surface area is 157 Å². The van der Waals surface area contributed by atoms with E-state index in [0.29, 0.717) is 24.7 Å². The van der Waals surface area contributed by atoms with Crippen molar-refractivity contribution in [3.05, 3.63) is 24.3 Å². The van der Waals surface area contributed by atoms with Crippen LogP contribution in [-0.2, 0) is 4.74 Å². The molecular weight excluding hydrogens is 340 g/mol. The Morgan fingerprint density at radius 3 is 2.64 bits per heavy atom.